The van der Waals surface area contributed by atoms with E-state index in [9.17, 15) is 4.39 Å². The van der Waals surface area contributed by atoms with E-state index >= 15 is 0 Å². The molecule has 1 aliphatic rings. The third kappa shape index (κ3) is 5.98. The van der Waals surface area contributed by atoms with Crippen LogP contribution >= 0.6 is 0 Å². The van der Waals surface area contributed by atoms with Gasteiger partial charge in [-0.2, -0.15) is 9.37 Å². The van der Waals surface area contributed by atoms with Crippen LogP contribution in [0.5, 0.6) is 5.75 Å². The molecule has 2 aromatic heterocycles. The summed E-state index contributed by atoms with van der Waals surface area (Å²) in [6, 6.07) is 6.12. The molecule has 0 radical (unpaired) electrons. The second kappa shape index (κ2) is 11.6. The van der Waals surface area contributed by atoms with Gasteiger partial charge in [-0.1, -0.05) is 25.5 Å². The van der Waals surface area contributed by atoms with Gasteiger partial charge in [0.25, 0.3) is 5.95 Å². The lowest BCUT2D eigenvalue weighted by Gasteiger charge is -2.34. The fourth-order valence-corrected chi connectivity index (χ4v) is 4.43. The van der Waals surface area contributed by atoms with E-state index in [1.54, 1.807) is 11.8 Å². The number of nitrogen functional groups attached to an aromatic ring is 1. The molecule has 0 saturated carbocycles. The monoisotopic (exact) mass is 486 g/mol. The van der Waals surface area contributed by atoms with Crippen molar-refractivity contribution in [2.75, 3.05) is 64.0 Å². The standard InChI is InChI=1S/C24H35FN8O2/c1-3-4-7-27-23-21-20(28-24(26)29-23)22(25)30-33(21)16-18-6-5-17(14-19(18)35-2)15-32-10-8-31(9-11-32)12-13-34/h5-6,14,34H,3-4,7-13,15-16H2,1-2H3,(H3,26,27,28,29). The topological polar surface area (TPSA) is 118 Å². The first-order valence-corrected chi connectivity index (χ1v) is 12.2. The maximum absolute atomic E-state index is 14.7. The van der Waals surface area contributed by atoms with Crippen LogP contribution in [0.15, 0.2) is 18.2 Å². The predicted molar refractivity (Wildman–Crippen MR) is 134 cm³/mol. The number of β-amino-alcohol motifs (C(OH)–C–C–N with tert-alkyl or cyclic N) is 1. The van der Waals surface area contributed by atoms with E-state index in [1.165, 1.54) is 0 Å². The van der Waals surface area contributed by atoms with Gasteiger partial charge >= 0.3 is 0 Å². The SMILES string of the molecule is CCCCNc1nc(N)nc2c(F)nn(Cc3ccc(CN4CCN(CCO)CC4)cc3OC)c12. The number of hydrogen-bond donors (Lipinski definition) is 3. The fourth-order valence-electron chi connectivity index (χ4n) is 4.43. The summed E-state index contributed by atoms with van der Waals surface area (Å²) in [6.45, 7) is 8.67. The van der Waals surface area contributed by atoms with Crippen molar-refractivity contribution in [3.63, 3.8) is 0 Å². The Morgan fingerprint density at radius 1 is 1.14 bits per heavy atom. The van der Waals surface area contributed by atoms with Gasteiger partial charge in [-0.05, 0) is 18.1 Å². The van der Waals surface area contributed by atoms with Crippen molar-refractivity contribution in [2.24, 2.45) is 0 Å². The molecular formula is C24H35FN8O2. The number of piperazine rings is 1. The van der Waals surface area contributed by atoms with Crippen molar-refractivity contribution in [3.8, 4) is 5.75 Å². The van der Waals surface area contributed by atoms with Crippen molar-refractivity contribution in [1.29, 1.82) is 0 Å². The number of rotatable bonds is 11. The summed E-state index contributed by atoms with van der Waals surface area (Å²) in [5.41, 5.74) is 8.44. The number of methoxy groups -OCH3 is 1. The number of halogens is 1. The lowest BCUT2D eigenvalue weighted by molar-refractivity contribution is 0.108. The molecule has 3 heterocycles. The molecule has 3 aromatic rings. The molecule has 1 saturated heterocycles. The van der Waals surface area contributed by atoms with Crippen molar-refractivity contribution in [1.82, 2.24) is 29.5 Å². The second-order valence-corrected chi connectivity index (χ2v) is 8.84. The average molecular weight is 487 g/mol. The van der Waals surface area contributed by atoms with Crippen LogP contribution in [0, 0.1) is 5.95 Å². The highest BCUT2D eigenvalue weighted by Gasteiger charge is 2.20. The first-order valence-electron chi connectivity index (χ1n) is 12.2. The number of fused-ring (bicyclic) bond motifs is 1. The number of anilines is 2. The van der Waals surface area contributed by atoms with Crippen LogP contribution in [0.3, 0.4) is 0 Å². The third-order valence-corrected chi connectivity index (χ3v) is 6.35. The molecule has 0 unspecified atom stereocenters. The molecule has 0 spiro atoms. The van der Waals surface area contributed by atoms with Gasteiger partial charge in [0.05, 0.1) is 20.3 Å². The largest absolute Gasteiger partial charge is 0.496 e. The summed E-state index contributed by atoms with van der Waals surface area (Å²) in [7, 11) is 1.64. The quantitative estimate of drug-likeness (QED) is 0.349. The summed E-state index contributed by atoms with van der Waals surface area (Å²) in [4.78, 5) is 13.1. The minimum absolute atomic E-state index is 0.00840. The summed E-state index contributed by atoms with van der Waals surface area (Å²) in [5.74, 6) is 0.535. The van der Waals surface area contributed by atoms with Crippen molar-refractivity contribution in [2.45, 2.75) is 32.9 Å². The van der Waals surface area contributed by atoms with E-state index in [0.29, 0.717) is 24.4 Å². The molecule has 11 heteroatoms. The van der Waals surface area contributed by atoms with Crippen LogP contribution in [0.4, 0.5) is 16.2 Å². The molecule has 190 valence electrons. The van der Waals surface area contributed by atoms with Gasteiger partial charge in [0, 0.05) is 51.4 Å². The minimum atomic E-state index is -0.677. The average Bonchev–Trinajstić information content (AvgIpc) is 3.16. The number of aromatic nitrogens is 4. The highest BCUT2D eigenvalue weighted by atomic mass is 19.1. The number of nitrogens with two attached hydrogens (primary N) is 1. The second-order valence-electron chi connectivity index (χ2n) is 8.84. The zero-order chi connectivity index (χ0) is 24.8. The number of unbranched alkanes of at least 4 members (excludes halogenated alkanes) is 1. The Kier molecular flexibility index (Phi) is 8.32. The Bertz CT molecular complexity index is 1130. The Balaban J connectivity index is 1.53. The van der Waals surface area contributed by atoms with Gasteiger partial charge in [0.2, 0.25) is 5.95 Å². The van der Waals surface area contributed by atoms with E-state index in [1.807, 2.05) is 12.1 Å². The summed E-state index contributed by atoms with van der Waals surface area (Å²) in [5, 5.41) is 16.5. The Morgan fingerprint density at radius 2 is 1.91 bits per heavy atom. The van der Waals surface area contributed by atoms with E-state index < -0.39 is 5.95 Å². The zero-order valence-electron chi connectivity index (χ0n) is 20.5. The van der Waals surface area contributed by atoms with Gasteiger partial charge in [-0.25, -0.2) is 4.98 Å². The van der Waals surface area contributed by atoms with Gasteiger partial charge in [0.1, 0.15) is 11.3 Å². The lowest BCUT2D eigenvalue weighted by Crippen LogP contribution is -2.46. The highest BCUT2D eigenvalue weighted by molar-refractivity contribution is 5.87. The normalized spacial score (nSPS) is 15.1. The number of hydrogen-bond acceptors (Lipinski definition) is 9. The van der Waals surface area contributed by atoms with E-state index in [-0.39, 0.29) is 18.1 Å². The maximum Gasteiger partial charge on any atom is 0.259 e. The van der Waals surface area contributed by atoms with Crippen LogP contribution in [0.25, 0.3) is 11.0 Å². The molecule has 0 bridgehead atoms. The number of benzene rings is 1. The third-order valence-electron chi connectivity index (χ3n) is 6.35. The molecule has 1 aliphatic heterocycles. The highest BCUT2D eigenvalue weighted by Crippen LogP contribution is 2.27. The summed E-state index contributed by atoms with van der Waals surface area (Å²) >= 11 is 0. The minimum Gasteiger partial charge on any atom is -0.496 e. The fraction of sp³-hybridized carbons (Fsp3) is 0.542. The molecule has 35 heavy (non-hydrogen) atoms. The molecule has 0 atom stereocenters. The molecule has 4 N–H and O–H groups in total. The Hall–Kier alpha value is -3.02. The van der Waals surface area contributed by atoms with Gasteiger partial charge in [0.15, 0.2) is 11.3 Å². The van der Waals surface area contributed by atoms with E-state index in [0.717, 1.165) is 69.0 Å². The smallest absolute Gasteiger partial charge is 0.259 e. The van der Waals surface area contributed by atoms with Crippen LogP contribution in [0.1, 0.15) is 30.9 Å². The van der Waals surface area contributed by atoms with E-state index in [4.69, 9.17) is 15.6 Å². The molecule has 4 rings (SSSR count). The lowest BCUT2D eigenvalue weighted by atomic mass is 10.1. The maximum atomic E-state index is 14.7. The molecular weight excluding hydrogens is 451 g/mol. The summed E-state index contributed by atoms with van der Waals surface area (Å²) < 4.78 is 21.9. The molecule has 10 nitrogen and oxygen atoms in total. The van der Waals surface area contributed by atoms with Gasteiger partial charge in [-0.3, -0.25) is 14.5 Å². The van der Waals surface area contributed by atoms with Gasteiger partial charge < -0.3 is 20.9 Å². The number of aliphatic hydroxyl groups is 1. The van der Waals surface area contributed by atoms with Crippen molar-refractivity contribution >= 4 is 22.8 Å². The molecule has 0 amide bonds. The number of nitrogens with one attached hydrogen (secondary N) is 1. The predicted octanol–water partition coefficient (Wildman–Crippen LogP) is 1.93. The number of nitrogens with zero attached hydrogens (tertiary/aromatic N) is 6. The molecule has 1 fully saturated rings. The zero-order valence-corrected chi connectivity index (χ0v) is 20.5. The van der Waals surface area contributed by atoms with Crippen molar-refractivity contribution in [3.05, 3.63) is 35.3 Å². The Morgan fingerprint density at radius 3 is 2.63 bits per heavy atom. The Labute approximate surface area is 204 Å². The molecule has 0 aliphatic carbocycles. The summed E-state index contributed by atoms with van der Waals surface area (Å²) in [6.07, 6.45) is 1.97. The first kappa shape index (κ1) is 25.1. The van der Waals surface area contributed by atoms with Crippen molar-refractivity contribution < 1.29 is 14.2 Å². The van der Waals surface area contributed by atoms with Crippen LogP contribution in [-0.2, 0) is 13.1 Å². The number of aliphatic hydroxyl groups excluding tert-OH is 1. The van der Waals surface area contributed by atoms with Crippen LogP contribution in [0.2, 0.25) is 0 Å². The van der Waals surface area contributed by atoms with E-state index in [2.05, 4.69) is 43.2 Å². The molecule has 1 aromatic carbocycles. The first-order chi connectivity index (χ1) is 17.0. The van der Waals surface area contributed by atoms with Gasteiger partial charge in [-0.15, -0.1) is 5.10 Å². The van der Waals surface area contributed by atoms with Crippen LogP contribution < -0.4 is 15.8 Å². The number of ether oxygens (including phenoxy) is 1. The van der Waals surface area contributed by atoms with Crippen LogP contribution in [-0.4, -0.2) is 87.6 Å².